The maximum absolute atomic E-state index is 11.9. The molecule has 0 aromatic carbocycles. The van der Waals surface area contributed by atoms with Crippen molar-refractivity contribution in [2.24, 2.45) is 0 Å². The minimum Gasteiger partial charge on any atom is -0.375 e. The predicted molar refractivity (Wildman–Crippen MR) is 51.0 cm³/mol. The third-order valence-corrected chi connectivity index (χ3v) is 2.31. The lowest BCUT2D eigenvalue weighted by molar-refractivity contribution is -0.123. The summed E-state index contributed by atoms with van der Waals surface area (Å²) in [5.41, 5.74) is 0. The number of morpholine rings is 1. The number of halogens is 3. The molecule has 16 heavy (non-hydrogen) atoms. The topological polar surface area (TPSA) is 41.6 Å². The highest BCUT2D eigenvalue weighted by Gasteiger charge is 2.31. The van der Waals surface area contributed by atoms with Crippen LogP contribution in [0.4, 0.5) is 18.0 Å². The van der Waals surface area contributed by atoms with Gasteiger partial charge in [0, 0.05) is 6.54 Å². The zero-order chi connectivity index (χ0) is 12.3. The van der Waals surface area contributed by atoms with Crippen LogP contribution in [0.5, 0.6) is 0 Å². The van der Waals surface area contributed by atoms with Crippen LogP contribution < -0.4 is 5.32 Å². The number of alkyl halides is 3. The van der Waals surface area contributed by atoms with Crippen LogP contribution >= 0.6 is 0 Å². The Kier molecular flexibility index (Phi) is 4.01. The molecular formula is C9H15F3N2O2. The first-order valence-corrected chi connectivity index (χ1v) is 5.02. The summed E-state index contributed by atoms with van der Waals surface area (Å²) in [5.74, 6) is 0. The average molecular weight is 240 g/mol. The van der Waals surface area contributed by atoms with Crippen molar-refractivity contribution in [3.63, 3.8) is 0 Å². The highest BCUT2D eigenvalue weighted by atomic mass is 19.4. The molecule has 1 aliphatic rings. The van der Waals surface area contributed by atoms with Gasteiger partial charge in [0.1, 0.15) is 6.54 Å². The van der Waals surface area contributed by atoms with Crippen LogP contribution in [0.25, 0.3) is 0 Å². The number of ether oxygens (including phenoxy) is 1. The third kappa shape index (κ3) is 3.88. The number of hydrogen-bond donors (Lipinski definition) is 1. The van der Waals surface area contributed by atoms with Crippen molar-refractivity contribution in [1.82, 2.24) is 10.2 Å². The van der Waals surface area contributed by atoms with Crippen molar-refractivity contribution in [3.8, 4) is 0 Å². The highest BCUT2D eigenvalue weighted by molar-refractivity contribution is 5.74. The Morgan fingerprint density at radius 1 is 1.50 bits per heavy atom. The van der Waals surface area contributed by atoms with Gasteiger partial charge in [-0.05, 0) is 13.8 Å². The van der Waals surface area contributed by atoms with Crippen LogP contribution in [-0.4, -0.2) is 48.9 Å². The number of nitrogens with zero attached hydrogens (tertiary/aromatic N) is 1. The lowest BCUT2D eigenvalue weighted by Gasteiger charge is -2.36. The van der Waals surface area contributed by atoms with E-state index in [1.54, 1.807) is 13.8 Å². The molecule has 0 aromatic rings. The molecule has 0 spiro atoms. The first-order valence-electron chi connectivity index (χ1n) is 5.02. The molecule has 0 aliphatic carbocycles. The maximum atomic E-state index is 11.9. The van der Waals surface area contributed by atoms with Gasteiger partial charge in [-0.3, -0.25) is 0 Å². The van der Waals surface area contributed by atoms with E-state index in [2.05, 4.69) is 0 Å². The molecule has 0 aromatic heterocycles. The van der Waals surface area contributed by atoms with Gasteiger partial charge in [-0.25, -0.2) is 4.79 Å². The molecule has 1 N–H and O–H groups in total. The summed E-state index contributed by atoms with van der Waals surface area (Å²) >= 11 is 0. The normalized spacial score (nSPS) is 26.7. The Balaban J connectivity index is 2.46. The monoisotopic (exact) mass is 240 g/mol. The Bertz CT molecular complexity index is 258. The zero-order valence-electron chi connectivity index (χ0n) is 9.17. The van der Waals surface area contributed by atoms with Gasteiger partial charge in [0.2, 0.25) is 0 Å². The fraction of sp³-hybridized carbons (Fsp3) is 0.889. The van der Waals surface area contributed by atoms with E-state index in [0.29, 0.717) is 13.2 Å². The van der Waals surface area contributed by atoms with E-state index in [1.807, 2.05) is 5.32 Å². The third-order valence-electron chi connectivity index (χ3n) is 2.31. The largest absolute Gasteiger partial charge is 0.405 e. The van der Waals surface area contributed by atoms with Gasteiger partial charge in [0.05, 0.1) is 18.8 Å². The predicted octanol–water partition coefficient (Wildman–Crippen LogP) is 1.37. The molecule has 2 unspecified atom stereocenters. The molecule has 1 rings (SSSR count). The molecular weight excluding hydrogens is 225 g/mol. The van der Waals surface area contributed by atoms with E-state index >= 15 is 0 Å². The molecule has 2 atom stereocenters. The first-order chi connectivity index (χ1) is 7.29. The highest BCUT2D eigenvalue weighted by Crippen LogP contribution is 2.14. The summed E-state index contributed by atoms with van der Waals surface area (Å²) in [5, 5.41) is 1.85. The maximum Gasteiger partial charge on any atom is 0.405 e. The number of carbonyl (C=O) groups is 1. The van der Waals surface area contributed by atoms with Crippen LogP contribution in [0, 0.1) is 0 Å². The van der Waals surface area contributed by atoms with Crippen molar-refractivity contribution >= 4 is 6.03 Å². The lowest BCUT2D eigenvalue weighted by atomic mass is 10.2. The summed E-state index contributed by atoms with van der Waals surface area (Å²) in [6.07, 6.45) is -4.52. The molecule has 1 fully saturated rings. The smallest absolute Gasteiger partial charge is 0.375 e. The molecule has 2 amide bonds. The Labute approximate surface area is 91.7 Å². The molecule has 0 radical (unpaired) electrons. The second kappa shape index (κ2) is 4.90. The minimum atomic E-state index is -4.38. The van der Waals surface area contributed by atoms with E-state index in [0.717, 1.165) is 0 Å². The van der Waals surface area contributed by atoms with Gasteiger partial charge in [-0.1, -0.05) is 0 Å². The van der Waals surface area contributed by atoms with Gasteiger partial charge in [0.25, 0.3) is 0 Å². The standard InChI is InChI=1S/C9H15F3N2O2/c1-6-4-16-7(2)3-14(6)8(15)13-5-9(10,11)12/h6-7H,3-5H2,1-2H3,(H,13,15). The van der Waals surface area contributed by atoms with Crippen LogP contribution in [0.3, 0.4) is 0 Å². The van der Waals surface area contributed by atoms with E-state index < -0.39 is 18.8 Å². The number of carbonyl (C=O) groups excluding carboxylic acids is 1. The SMILES string of the molecule is CC1CN(C(=O)NCC(F)(F)F)C(C)CO1. The molecule has 94 valence electrons. The number of rotatable bonds is 1. The van der Waals surface area contributed by atoms with Crippen LogP contribution in [0.15, 0.2) is 0 Å². The van der Waals surface area contributed by atoms with E-state index in [1.165, 1.54) is 4.90 Å². The van der Waals surface area contributed by atoms with Crippen molar-refractivity contribution in [3.05, 3.63) is 0 Å². The van der Waals surface area contributed by atoms with Gasteiger partial charge >= 0.3 is 12.2 Å². The fourth-order valence-corrected chi connectivity index (χ4v) is 1.46. The van der Waals surface area contributed by atoms with Crippen molar-refractivity contribution in [1.29, 1.82) is 0 Å². The number of nitrogens with one attached hydrogen (secondary N) is 1. The van der Waals surface area contributed by atoms with Crippen molar-refractivity contribution in [2.45, 2.75) is 32.2 Å². The minimum absolute atomic E-state index is 0.146. The lowest BCUT2D eigenvalue weighted by Crippen LogP contribution is -2.54. The van der Waals surface area contributed by atoms with Crippen LogP contribution in [0.1, 0.15) is 13.8 Å². The molecule has 1 heterocycles. The fourth-order valence-electron chi connectivity index (χ4n) is 1.46. The molecule has 1 aliphatic heterocycles. The molecule has 0 bridgehead atoms. The Morgan fingerprint density at radius 2 is 2.12 bits per heavy atom. The first kappa shape index (κ1) is 13.1. The van der Waals surface area contributed by atoms with Crippen molar-refractivity contribution < 1.29 is 22.7 Å². The number of hydrogen-bond acceptors (Lipinski definition) is 2. The second-order valence-corrected chi connectivity index (χ2v) is 3.92. The van der Waals surface area contributed by atoms with Gasteiger partial charge in [-0.2, -0.15) is 13.2 Å². The van der Waals surface area contributed by atoms with Gasteiger partial charge < -0.3 is 15.0 Å². The Morgan fingerprint density at radius 3 is 2.69 bits per heavy atom. The van der Waals surface area contributed by atoms with Crippen molar-refractivity contribution in [2.75, 3.05) is 19.7 Å². The van der Waals surface area contributed by atoms with E-state index in [9.17, 15) is 18.0 Å². The summed E-state index contributed by atoms with van der Waals surface area (Å²) in [6, 6.07) is -0.899. The molecule has 7 heteroatoms. The second-order valence-electron chi connectivity index (χ2n) is 3.92. The van der Waals surface area contributed by atoms with E-state index in [-0.39, 0.29) is 12.1 Å². The van der Waals surface area contributed by atoms with Gasteiger partial charge in [-0.15, -0.1) is 0 Å². The number of amides is 2. The quantitative estimate of drug-likeness (QED) is 0.752. The summed E-state index contributed by atoms with van der Waals surface area (Å²) < 4.78 is 41.0. The summed E-state index contributed by atoms with van der Waals surface area (Å²) in [4.78, 5) is 12.8. The van der Waals surface area contributed by atoms with Gasteiger partial charge in [0.15, 0.2) is 0 Å². The van der Waals surface area contributed by atoms with E-state index in [4.69, 9.17) is 4.74 Å². The average Bonchev–Trinajstić information content (AvgIpc) is 2.17. The van der Waals surface area contributed by atoms with Crippen LogP contribution in [-0.2, 0) is 4.74 Å². The zero-order valence-corrected chi connectivity index (χ0v) is 9.17. The van der Waals surface area contributed by atoms with Crippen LogP contribution in [0.2, 0.25) is 0 Å². The molecule has 4 nitrogen and oxygen atoms in total. The molecule has 1 saturated heterocycles. The molecule has 0 saturated carbocycles. The summed E-state index contributed by atoms with van der Waals surface area (Å²) in [6.45, 7) is 2.87. The Hall–Kier alpha value is -0.980. The number of urea groups is 1. The summed E-state index contributed by atoms with van der Waals surface area (Å²) in [7, 11) is 0.